The molecule has 1 saturated heterocycles. The van der Waals surface area contributed by atoms with Crippen molar-refractivity contribution in [3.63, 3.8) is 0 Å². The van der Waals surface area contributed by atoms with Gasteiger partial charge in [0.15, 0.2) is 11.4 Å². The number of hydrogen-bond donors (Lipinski definition) is 0. The highest BCUT2D eigenvalue weighted by Crippen LogP contribution is 2.53. The van der Waals surface area contributed by atoms with E-state index < -0.39 is 0 Å². The number of nitrogens with zero attached hydrogens (tertiary/aromatic N) is 2. The highest BCUT2D eigenvalue weighted by atomic mass is 16.5. The summed E-state index contributed by atoms with van der Waals surface area (Å²) < 4.78 is 5.24. The summed E-state index contributed by atoms with van der Waals surface area (Å²) in [5, 5.41) is 4.67. The Morgan fingerprint density at radius 3 is 2.43 bits per heavy atom. The number of hydrogen-bond acceptors (Lipinski definition) is 4. The maximum atomic E-state index is 12.7. The van der Waals surface area contributed by atoms with E-state index >= 15 is 0 Å². The van der Waals surface area contributed by atoms with Crippen LogP contribution in [0.4, 0.5) is 5.82 Å². The Balaban J connectivity index is 1.65. The molecule has 0 N–H and O–H groups in total. The summed E-state index contributed by atoms with van der Waals surface area (Å²) in [6.07, 6.45) is 5.10. The first-order chi connectivity index (χ1) is 10.3. The van der Waals surface area contributed by atoms with Crippen LogP contribution in [-0.4, -0.2) is 17.0 Å². The van der Waals surface area contributed by atoms with Crippen LogP contribution in [0.5, 0.6) is 0 Å². The van der Waals surface area contributed by atoms with Crippen molar-refractivity contribution in [2.75, 3.05) is 4.90 Å². The molecule has 1 aromatic carbocycles. The number of fused-ring (bicyclic) bond motifs is 6. The molecular weight excluding hydrogens is 268 g/mol. The summed E-state index contributed by atoms with van der Waals surface area (Å²) >= 11 is 0. The monoisotopic (exact) mass is 280 g/mol. The van der Waals surface area contributed by atoms with E-state index in [1.807, 2.05) is 18.2 Å². The first kappa shape index (κ1) is 11.3. The van der Waals surface area contributed by atoms with E-state index in [1.165, 1.54) is 4.90 Å². The zero-order chi connectivity index (χ0) is 14.1. The number of amides is 2. The minimum atomic E-state index is -0.206. The summed E-state index contributed by atoms with van der Waals surface area (Å²) in [5.74, 6) is 0.0985. The maximum Gasteiger partial charge on any atom is 0.239 e. The van der Waals surface area contributed by atoms with Gasteiger partial charge in [0.1, 0.15) is 0 Å². The van der Waals surface area contributed by atoms with E-state index in [-0.39, 0.29) is 35.5 Å². The second-order valence-electron chi connectivity index (χ2n) is 6.01. The number of benzene rings is 1. The molecule has 5 heteroatoms. The second kappa shape index (κ2) is 3.61. The number of anilines is 1. The number of allylic oxidation sites excluding steroid dienone is 2. The third kappa shape index (κ3) is 1.24. The predicted octanol–water partition coefficient (Wildman–Crippen LogP) is 2.14. The van der Waals surface area contributed by atoms with Crippen molar-refractivity contribution in [3.05, 3.63) is 36.4 Å². The van der Waals surface area contributed by atoms with Crippen LogP contribution < -0.4 is 4.90 Å². The summed E-state index contributed by atoms with van der Waals surface area (Å²) in [6.45, 7) is 0. The van der Waals surface area contributed by atoms with Gasteiger partial charge in [-0.3, -0.25) is 9.59 Å². The molecule has 3 aliphatic rings. The lowest BCUT2D eigenvalue weighted by Gasteiger charge is -2.14. The first-order valence-electron chi connectivity index (χ1n) is 7.16. The number of imide groups is 1. The van der Waals surface area contributed by atoms with Crippen molar-refractivity contribution >= 4 is 28.6 Å². The van der Waals surface area contributed by atoms with Gasteiger partial charge in [-0.1, -0.05) is 29.4 Å². The Kier molecular flexibility index (Phi) is 1.93. The second-order valence-corrected chi connectivity index (χ2v) is 6.01. The molecule has 0 unspecified atom stereocenters. The third-order valence-corrected chi connectivity index (χ3v) is 5.04. The van der Waals surface area contributed by atoms with E-state index in [9.17, 15) is 9.59 Å². The molecule has 1 aliphatic heterocycles. The third-order valence-electron chi connectivity index (χ3n) is 5.04. The van der Waals surface area contributed by atoms with Crippen molar-refractivity contribution < 1.29 is 14.1 Å². The molecule has 1 saturated carbocycles. The van der Waals surface area contributed by atoms with E-state index in [1.54, 1.807) is 6.07 Å². The van der Waals surface area contributed by atoms with Gasteiger partial charge in [0, 0.05) is 0 Å². The molecule has 2 heterocycles. The molecule has 0 radical (unpaired) electrons. The van der Waals surface area contributed by atoms with Crippen LogP contribution in [0.2, 0.25) is 0 Å². The normalized spacial score (nSPS) is 33.4. The van der Waals surface area contributed by atoms with Gasteiger partial charge < -0.3 is 4.52 Å². The minimum Gasteiger partial charge on any atom is -0.354 e. The number of aromatic nitrogens is 1. The molecule has 2 aromatic rings. The van der Waals surface area contributed by atoms with Gasteiger partial charge in [0.05, 0.1) is 17.2 Å². The van der Waals surface area contributed by atoms with Gasteiger partial charge in [0.25, 0.3) is 0 Å². The molecule has 2 aliphatic carbocycles. The molecule has 104 valence electrons. The van der Waals surface area contributed by atoms with Crippen molar-refractivity contribution in [2.24, 2.45) is 23.7 Å². The van der Waals surface area contributed by atoms with E-state index in [2.05, 4.69) is 17.3 Å². The zero-order valence-electron chi connectivity index (χ0n) is 11.1. The number of carbonyl (C=O) groups excluding carboxylic acids is 2. The average molecular weight is 280 g/mol. The molecular formula is C16H12N2O3. The largest absolute Gasteiger partial charge is 0.354 e. The lowest BCUT2D eigenvalue weighted by molar-refractivity contribution is -0.123. The van der Waals surface area contributed by atoms with Gasteiger partial charge in [0.2, 0.25) is 11.8 Å². The van der Waals surface area contributed by atoms with E-state index in [0.717, 1.165) is 6.42 Å². The number of rotatable bonds is 1. The van der Waals surface area contributed by atoms with E-state index in [4.69, 9.17) is 4.52 Å². The molecule has 5 rings (SSSR count). The Morgan fingerprint density at radius 2 is 1.71 bits per heavy atom. The molecule has 0 spiro atoms. The lowest BCUT2D eigenvalue weighted by atomic mass is 9.85. The van der Waals surface area contributed by atoms with Crippen molar-refractivity contribution in [1.29, 1.82) is 0 Å². The van der Waals surface area contributed by atoms with Gasteiger partial charge in [-0.25, -0.2) is 4.90 Å². The Labute approximate surface area is 120 Å². The van der Waals surface area contributed by atoms with E-state index in [0.29, 0.717) is 16.8 Å². The molecule has 2 bridgehead atoms. The highest BCUT2D eigenvalue weighted by Gasteiger charge is 2.60. The quantitative estimate of drug-likeness (QED) is 0.593. The van der Waals surface area contributed by atoms with Crippen molar-refractivity contribution in [3.8, 4) is 0 Å². The molecule has 2 fully saturated rings. The zero-order valence-corrected chi connectivity index (χ0v) is 11.1. The summed E-state index contributed by atoms with van der Waals surface area (Å²) in [4.78, 5) is 26.7. The van der Waals surface area contributed by atoms with Crippen LogP contribution in [0.3, 0.4) is 0 Å². The molecule has 4 atom stereocenters. The fraction of sp³-hybridized carbons (Fsp3) is 0.312. The molecule has 21 heavy (non-hydrogen) atoms. The van der Waals surface area contributed by atoms with Crippen LogP contribution in [0.25, 0.3) is 11.0 Å². The Bertz CT molecular complexity index is 792. The number of carbonyl (C=O) groups is 2. The standard InChI is InChI=1S/C16H12N2O3/c19-15-12-8-5-6-9(7-8)13(12)16(20)18(15)14-10-3-1-2-4-11(10)21-17-14/h1-6,8-9,12-13H,7H2/t8-,9+,12-,13+. The van der Waals surface area contributed by atoms with Gasteiger partial charge in [-0.15, -0.1) is 0 Å². The highest BCUT2D eigenvalue weighted by molar-refractivity contribution is 6.24. The summed E-state index contributed by atoms with van der Waals surface area (Å²) in [6, 6.07) is 7.29. The number of para-hydroxylation sites is 1. The smallest absolute Gasteiger partial charge is 0.239 e. The van der Waals surface area contributed by atoms with Crippen LogP contribution in [-0.2, 0) is 9.59 Å². The van der Waals surface area contributed by atoms with Crippen LogP contribution in [0.1, 0.15) is 6.42 Å². The van der Waals surface area contributed by atoms with Gasteiger partial charge in [-0.2, -0.15) is 0 Å². The molecule has 1 aromatic heterocycles. The van der Waals surface area contributed by atoms with Crippen molar-refractivity contribution in [1.82, 2.24) is 5.16 Å². The first-order valence-corrected chi connectivity index (χ1v) is 7.16. The predicted molar refractivity (Wildman–Crippen MR) is 74.2 cm³/mol. The van der Waals surface area contributed by atoms with Crippen LogP contribution >= 0.6 is 0 Å². The lowest BCUT2D eigenvalue weighted by Crippen LogP contribution is -2.33. The topological polar surface area (TPSA) is 63.4 Å². The van der Waals surface area contributed by atoms with Gasteiger partial charge in [-0.05, 0) is 30.4 Å². The molecule has 2 amide bonds. The minimum absolute atomic E-state index is 0.124. The summed E-state index contributed by atoms with van der Waals surface area (Å²) in [7, 11) is 0. The Morgan fingerprint density at radius 1 is 1.05 bits per heavy atom. The fourth-order valence-electron chi connectivity index (χ4n) is 4.14. The SMILES string of the molecule is O=C1[C@@H]2[C@H](C(=O)N1c1noc3ccccc13)[C@@H]1C=C[C@H]2C1. The maximum absolute atomic E-state index is 12.7. The Hall–Kier alpha value is -2.43. The average Bonchev–Trinajstić information content (AvgIpc) is 3.23. The van der Waals surface area contributed by atoms with Crippen LogP contribution in [0.15, 0.2) is 40.9 Å². The van der Waals surface area contributed by atoms with Crippen LogP contribution in [0, 0.1) is 23.7 Å². The van der Waals surface area contributed by atoms with Crippen molar-refractivity contribution in [2.45, 2.75) is 6.42 Å². The fourth-order valence-corrected chi connectivity index (χ4v) is 4.14. The molecule has 5 nitrogen and oxygen atoms in total. The van der Waals surface area contributed by atoms with Gasteiger partial charge >= 0.3 is 0 Å². The summed E-state index contributed by atoms with van der Waals surface area (Å²) in [5.41, 5.74) is 0.589.